The van der Waals surface area contributed by atoms with Crippen LogP contribution in [0.2, 0.25) is 0 Å². The summed E-state index contributed by atoms with van der Waals surface area (Å²) in [6, 6.07) is 16.8. The molecule has 2 aromatic carbocycles. The van der Waals surface area contributed by atoms with E-state index >= 15 is 0 Å². The van der Waals surface area contributed by atoms with Crippen molar-refractivity contribution in [2.24, 2.45) is 5.41 Å². The van der Waals surface area contributed by atoms with Gasteiger partial charge in [-0.3, -0.25) is 0 Å². The van der Waals surface area contributed by atoms with E-state index in [9.17, 15) is 0 Å². The summed E-state index contributed by atoms with van der Waals surface area (Å²) in [6.07, 6.45) is 5.14. The molecular formula is C29H38N4O. The Morgan fingerprint density at radius 1 is 0.971 bits per heavy atom. The number of nitrogens with zero attached hydrogens (tertiary/aromatic N) is 3. The molecule has 0 fully saturated rings. The first-order chi connectivity index (χ1) is 16.1. The van der Waals surface area contributed by atoms with Gasteiger partial charge in [-0.2, -0.15) is 0 Å². The number of fused-ring (bicyclic) bond motifs is 3. The zero-order valence-electron chi connectivity index (χ0n) is 21.4. The van der Waals surface area contributed by atoms with Gasteiger partial charge in [0.1, 0.15) is 17.9 Å². The van der Waals surface area contributed by atoms with Crippen molar-refractivity contribution in [3.8, 4) is 5.75 Å². The number of benzene rings is 2. The number of anilines is 1. The number of imidazole rings is 1. The third-order valence-corrected chi connectivity index (χ3v) is 6.88. The van der Waals surface area contributed by atoms with E-state index in [4.69, 9.17) is 10.5 Å². The van der Waals surface area contributed by atoms with Crippen molar-refractivity contribution < 1.29 is 4.74 Å². The van der Waals surface area contributed by atoms with E-state index < -0.39 is 0 Å². The standard InChI is InChI=1S/C29H38N4O/c1-7-21(33-19-31-25-26(33)23-10-8-9-11-24(23)32-27(25)30)18-34-22-14-12-20(13-15-22)29(5,6)17-16-28(2,3)4/h8-15,19,21H,7,16-18H2,1-6H3,(H2,30,32). The average molecular weight is 459 g/mol. The molecule has 0 saturated carbocycles. The molecule has 0 aliphatic rings. The highest BCUT2D eigenvalue weighted by molar-refractivity contribution is 6.06. The maximum Gasteiger partial charge on any atom is 0.152 e. The molecule has 34 heavy (non-hydrogen) atoms. The number of aromatic nitrogens is 3. The van der Waals surface area contributed by atoms with Gasteiger partial charge in [-0.1, -0.05) is 71.9 Å². The minimum atomic E-state index is 0.137. The molecule has 2 aromatic heterocycles. The predicted molar refractivity (Wildman–Crippen MR) is 142 cm³/mol. The summed E-state index contributed by atoms with van der Waals surface area (Å²) >= 11 is 0. The summed E-state index contributed by atoms with van der Waals surface area (Å²) in [5.74, 6) is 1.36. The number of rotatable bonds is 8. The van der Waals surface area contributed by atoms with Crippen LogP contribution in [0.15, 0.2) is 54.9 Å². The molecule has 5 heteroatoms. The van der Waals surface area contributed by atoms with Crippen molar-refractivity contribution in [2.75, 3.05) is 12.3 Å². The number of hydrogen-bond acceptors (Lipinski definition) is 4. The van der Waals surface area contributed by atoms with Crippen LogP contribution in [0, 0.1) is 5.41 Å². The Morgan fingerprint density at radius 2 is 1.68 bits per heavy atom. The Hall–Kier alpha value is -3.08. The second kappa shape index (κ2) is 9.28. The molecule has 5 nitrogen and oxygen atoms in total. The fourth-order valence-electron chi connectivity index (χ4n) is 4.47. The lowest BCUT2D eigenvalue weighted by Crippen LogP contribution is -2.20. The number of pyridine rings is 1. The average Bonchev–Trinajstić information content (AvgIpc) is 3.24. The van der Waals surface area contributed by atoms with E-state index in [0.717, 1.165) is 40.5 Å². The highest BCUT2D eigenvalue weighted by Crippen LogP contribution is 2.35. The van der Waals surface area contributed by atoms with Gasteiger partial charge in [-0.15, -0.1) is 0 Å². The van der Waals surface area contributed by atoms with Crippen LogP contribution in [-0.4, -0.2) is 21.1 Å². The van der Waals surface area contributed by atoms with Crippen LogP contribution in [0.25, 0.3) is 21.9 Å². The maximum atomic E-state index is 6.26. The van der Waals surface area contributed by atoms with Gasteiger partial charge in [-0.25, -0.2) is 9.97 Å². The van der Waals surface area contributed by atoms with Crippen LogP contribution in [0.5, 0.6) is 5.75 Å². The van der Waals surface area contributed by atoms with E-state index in [0.29, 0.717) is 17.8 Å². The zero-order valence-corrected chi connectivity index (χ0v) is 21.4. The SMILES string of the molecule is CCC(COc1ccc(C(C)(C)CCC(C)(C)C)cc1)n1cnc2c(N)nc3ccccc3c21. The maximum absolute atomic E-state index is 6.26. The van der Waals surface area contributed by atoms with Crippen LogP contribution in [0.1, 0.15) is 72.4 Å². The normalized spacial score (nSPS) is 13.5. The quantitative estimate of drug-likeness (QED) is 0.301. The van der Waals surface area contributed by atoms with Gasteiger partial charge in [0.15, 0.2) is 5.82 Å². The lowest BCUT2D eigenvalue weighted by Gasteiger charge is -2.29. The van der Waals surface area contributed by atoms with E-state index in [2.05, 4.69) is 86.4 Å². The lowest BCUT2D eigenvalue weighted by molar-refractivity contribution is 0.248. The molecule has 0 spiro atoms. The van der Waals surface area contributed by atoms with Crippen molar-refractivity contribution in [1.82, 2.24) is 14.5 Å². The summed E-state index contributed by atoms with van der Waals surface area (Å²) in [5, 5.41) is 1.06. The van der Waals surface area contributed by atoms with E-state index in [1.54, 1.807) is 0 Å². The van der Waals surface area contributed by atoms with Crippen molar-refractivity contribution in [3.05, 3.63) is 60.4 Å². The number of nitrogen functional groups attached to an aromatic ring is 1. The molecular weight excluding hydrogens is 420 g/mol. The Balaban J connectivity index is 1.52. The Kier molecular flexibility index (Phi) is 6.57. The first-order valence-electron chi connectivity index (χ1n) is 12.3. The van der Waals surface area contributed by atoms with Gasteiger partial charge in [0.25, 0.3) is 0 Å². The topological polar surface area (TPSA) is 66.0 Å². The molecule has 1 unspecified atom stereocenters. The van der Waals surface area contributed by atoms with Crippen molar-refractivity contribution >= 4 is 27.8 Å². The summed E-state index contributed by atoms with van der Waals surface area (Å²) in [4.78, 5) is 9.11. The third kappa shape index (κ3) is 5.03. The molecule has 0 aliphatic carbocycles. The van der Waals surface area contributed by atoms with Crippen molar-refractivity contribution in [3.63, 3.8) is 0 Å². The third-order valence-electron chi connectivity index (χ3n) is 6.88. The van der Waals surface area contributed by atoms with Crippen molar-refractivity contribution in [1.29, 1.82) is 0 Å². The largest absolute Gasteiger partial charge is 0.491 e. The van der Waals surface area contributed by atoms with Gasteiger partial charge in [-0.05, 0) is 53.9 Å². The number of nitrogens with two attached hydrogens (primary N) is 1. The van der Waals surface area contributed by atoms with Crippen LogP contribution < -0.4 is 10.5 Å². The number of para-hydroxylation sites is 1. The summed E-state index contributed by atoms with van der Waals surface area (Å²) in [5.41, 5.74) is 10.7. The van der Waals surface area contributed by atoms with Crippen LogP contribution in [0.4, 0.5) is 5.82 Å². The minimum absolute atomic E-state index is 0.137. The van der Waals surface area contributed by atoms with Gasteiger partial charge < -0.3 is 15.0 Å². The molecule has 4 aromatic rings. The number of hydrogen-bond donors (Lipinski definition) is 1. The van der Waals surface area contributed by atoms with Crippen LogP contribution >= 0.6 is 0 Å². The van der Waals surface area contributed by atoms with E-state index in [1.807, 2.05) is 24.5 Å². The smallest absolute Gasteiger partial charge is 0.152 e. The second-order valence-corrected chi connectivity index (χ2v) is 11.2. The van der Waals surface area contributed by atoms with Gasteiger partial charge in [0, 0.05) is 5.39 Å². The van der Waals surface area contributed by atoms with Crippen LogP contribution in [-0.2, 0) is 5.41 Å². The fourth-order valence-corrected chi connectivity index (χ4v) is 4.47. The van der Waals surface area contributed by atoms with E-state index in [1.165, 1.54) is 12.0 Å². The molecule has 0 amide bonds. The predicted octanol–water partition coefficient (Wildman–Crippen LogP) is 7.30. The first-order valence-corrected chi connectivity index (χ1v) is 12.3. The van der Waals surface area contributed by atoms with Crippen molar-refractivity contribution in [2.45, 2.75) is 72.3 Å². The molecule has 0 bridgehead atoms. The highest BCUT2D eigenvalue weighted by atomic mass is 16.5. The molecule has 0 radical (unpaired) electrons. The molecule has 0 saturated heterocycles. The van der Waals surface area contributed by atoms with E-state index in [-0.39, 0.29) is 11.5 Å². The van der Waals surface area contributed by atoms with Gasteiger partial charge >= 0.3 is 0 Å². The molecule has 180 valence electrons. The monoisotopic (exact) mass is 458 g/mol. The molecule has 2 N–H and O–H groups in total. The Bertz CT molecular complexity index is 1270. The number of ether oxygens (including phenoxy) is 1. The molecule has 4 rings (SSSR count). The molecule has 1 atom stereocenters. The second-order valence-electron chi connectivity index (χ2n) is 11.2. The van der Waals surface area contributed by atoms with Crippen LogP contribution in [0.3, 0.4) is 0 Å². The fraction of sp³-hybridized carbons (Fsp3) is 0.448. The Labute approximate surface area is 203 Å². The minimum Gasteiger partial charge on any atom is -0.491 e. The zero-order chi connectivity index (χ0) is 24.5. The Morgan fingerprint density at radius 3 is 2.35 bits per heavy atom. The van der Waals surface area contributed by atoms with Gasteiger partial charge in [0.2, 0.25) is 0 Å². The van der Waals surface area contributed by atoms with Gasteiger partial charge in [0.05, 0.1) is 23.4 Å². The first kappa shape index (κ1) is 24.1. The molecule has 0 aliphatic heterocycles. The molecule has 2 heterocycles. The summed E-state index contributed by atoms with van der Waals surface area (Å²) in [7, 11) is 0. The summed E-state index contributed by atoms with van der Waals surface area (Å²) in [6.45, 7) is 14.3. The lowest BCUT2D eigenvalue weighted by atomic mass is 9.76. The summed E-state index contributed by atoms with van der Waals surface area (Å²) < 4.78 is 8.45. The highest BCUT2D eigenvalue weighted by Gasteiger charge is 2.24.